The van der Waals surface area contributed by atoms with Gasteiger partial charge in [-0.3, -0.25) is 0 Å². The van der Waals surface area contributed by atoms with E-state index in [4.69, 9.17) is 19.4 Å². The molecule has 4 heteroatoms. The normalized spacial score (nSPS) is 11.3. The fraction of sp³-hybridized carbons (Fsp3) is 0. The van der Waals surface area contributed by atoms with Crippen LogP contribution in [-0.2, 0) is 0 Å². The number of hydrogen-bond donors (Lipinski definition) is 0. The summed E-state index contributed by atoms with van der Waals surface area (Å²) in [6, 6.07) is 60.3. The van der Waals surface area contributed by atoms with E-state index >= 15 is 0 Å². The average molecular weight is 628 g/mol. The Labute approximate surface area is 284 Å². The van der Waals surface area contributed by atoms with Gasteiger partial charge in [0.2, 0.25) is 0 Å². The molecular formula is C45H29N3O. The van der Waals surface area contributed by atoms with Crippen LogP contribution >= 0.6 is 0 Å². The van der Waals surface area contributed by atoms with Crippen molar-refractivity contribution in [3.8, 4) is 67.5 Å². The number of benzene rings is 7. The SMILES string of the molecule is c1ccc(-c2ccccc2-c2nc(-c3ccc(-c4cccc5oc6ccccc6c45)cc3)nc(-c3ccccc3-c3ccccc3)n2)cc1. The molecule has 0 fully saturated rings. The van der Waals surface area contributed by atoms with E-state index in [1.54, 1.807) is 0 Å². The van der Waals surface area contributed by atoms with Crippen LogP contribution in [0.5, 0.6) is 0 Å². The molecule has 0 spiro atoms. The lowest BCUT2D eigenvalue weighted by molar-refractivity contribution is 0.669. The van der Waals surface area contributed by atoms with Crippen LogP contribution < -0.4 is 0 Å². The quantitative estimate of drug-likeness (QED) is 0.184. The van der Waals surface area contributed by atoms with Gasteiger partial charge >= 0.3 is 0 Å². The third-order valence-electron chi connectivity index (χ3n) is 9.00. The second kappa shape index (κ2) is 12.2. The van der Waals surface area contributed by atoms with Crippen LogP contribution in [0.25, 0.3) is 89.5 Å². The van der Waals surface area contributed by atoms with Gasteiger partial charge in [0.05, 0.1) is 0 Å². The molecule has 0 atom stereocenters. The molecule has 0 saturated heterocycles. The molecule has 2 heterocycles. The summed E-state index contributed by atoms with van der Waals surface area (Å²) < 4.78 is 6.17. The summed E-state index contributed by atoms with van der Waals surface area (Å²) in [7, 11) is 0. The van der Waals surface area contributed by atoms with E-state index in [0.29, 0.717) is 17.5 Å². The number of nitrogens with zero attached hydrogens (tertiary/aromatic N) is 3. The molecule has 230 valence electrons. The molecule has 0 aliphatic heterocycles. The van der Waals surface area contributed by atoms with E-state index in [2.05, 4.69) is 127 Å². The van der Waals surface area contributed by atoms with Gasteiger partial charge in [-0.05, 0) is 45.5 Å². The molecule has 2 aromatic heterocycles. The average Bonchev–Trinajstić information content (AvgIpc) is 3.58. The fourth-order valence-corrected chi connectivity index (χ4v) is 6.66. The van der Waals surface area contributed by atoms with Gasteiger partial charge in [0.1, 0.15) is 11.2 Å². The number of para-hydroxylation sites is 1. The minimum absolute atomic E-state index is 0.615. The van der Waals surface area contributed by atoms with Crippen molar-refractivity contribution in [2.24, 2.45) is 0 Å². The van der Waals surface area contributed by atoms with Crippen LogP contribution in [0.15, 0.2) is 180 Å². The molecule has 0 unspecified atom stereocenters. The highest BCUT2D eigenvalue weighted by molar-refractivity contribution is 6.12. The smallest absolute Gasteiger partial charge is 0.164 e. The standard InChI is InChI=1S/C45H29N3O/c1-3-14-30(15-4-1)34-18-7-9-20-37(34)44-46-43(47-45(48-44)38-21-10-8-19-35(38)31-16-5-2-6-17-31)33-28-26-32(27-29-33)36-23-13-25-41-42(36)39-22-11-12-24-40(39)49-41/h1-29H. The first-order chi connectivity index (χ1) is 24.3. The van der Waals surface area contributed by atoms with Crippen molar-refractivity contribution in [1.29, 1.82) is 0 Å². The predicted molar refractivity (Wildman–Crippen MR) is 200 cm³/mol. The molecule has 9 rings (SSSR count). The third-order valence-corrected chi connectivity index (χ3v) is 9.00. The summed E-state index contributed by atoms with van der Waals surface area (Å²) in [4.78, 5) is 15.4. The van der Waals surface area contributed by atoms with Gasteiger partial charge in [0.15, 0.2) is 17.5 Å². The van der Waals surface area contributed by atoms with E-state index in [-0.39, 0.29) is 0 Å². The van der Waals surface area contributed by atoms with Crippen LogP contribution in [0, 0.1) is 0 Å². The molecule has 0 amide bonds. The van der Waals surface area contributed by atoms with Gasteiger partial charge in [-0.25, -0.2) is 15.0 Å². The summed E-state index contributed by atoms with van der Waals surface area (Å²) in [5.74, 6) is 1.87. The van der Waals surface area contributed by atoms with Crippen LogP contribution in [0.1, 0.15) is 0 Å². The maximum absolute atomic E-state index is 6.17. The van der Waals surface area contributed by atoms with E-state index < -0.39 is 0 Å². The van der Waals surface area contributed by atoms with Crippen molar-refractivity contribution in [3.63, 3.8) is 0 Å². The highest BCUT2D eigenvalue weighted by Gasteiger charge is 2.18. The Morgan fingerprint density at radius 2 is 0.714 bits per heavy atom. The molecular weight excluding hydrogens is 599 g/mol. The zero-order chi connectivity index (χ0) is 32.6. The highest BCUT2D eigenvalue weighted by atomic mass is 16.3. The second-order valence-corrected chi connectivity index (χ2v) is 12.0. The van der Waals surface area contributed by atoms with Crippen LogP contribution in [0.4, 0.5) is 0 Å². The lowest BCUT2D eigenvalue weighted by Crippen LogP contribution is -2.02. The number of fused-ring (bicyclic) bond motifs is 3. The molecule has 0 aliphatic rings. The first kappa shape index (κ1) is 28.6. The topological polar surface area (TPSA) is 51.8 Å². The minimum atomic E-state index is 0.615. The van der Waals surface area contributed by atoms with Crippen LogP contribution in [0.2, 0.25) is 0 Å². The molecule has 0 radical (unpaired) electrons. The number of aromatic nitrogens is 3. The molecule has 49 heavy (non-hydrogen) atoms. The van der Waals surface area contributed by atoms with Crippen molar-refractivity contribution < 1.29 is 4.42 Å². The van der Waals surface area contributed by atoms with Crippen molar-refractivity contribution in [1.82, 2.24) is 15.0 Å². The summed E-state index contributed by atoms with van der Waals surface area (Å²) in [5.41, 5.74) is 11.1. The summed E-state index contributed by atoms with van der Waals surface area (Å²) in [6.07, 6.45) is 0. The van der Waals surface area contributed by atoms with Crippen LogP contribution in [-0.4, -0.2) is 15.0 Å². The first-order valence-electron chi connectivity index (χ1n) is 16.4. The van der Waals surface area contributed by atoms with Crippen molar-refractivity contribution in [2.45, 2.75) is 0 Å². The Bertz CT molecular complexity index is 2490. The molecule has 0 saturated carbocycles. The summed E-state index contributed by atoms with van der Waals surface area (Å²) in [5, 5.41) is 2.23. The van der Waals surface area contributed by atoms with E-state index in [0.717, 1.165) is 72.0 Å². The van der Waals surface area contributed by atoms with E-state index in [9.17, 15) is 0 Å². The van der Waals surface area contributed by atoms with Gasteiger partial charge in [-0.1, -0.05) is 164 Å². The molecule has 0 aliphatic carbocycles. The third kappa shape index (κ3) is 5.26. The van der Waals surface area contributed by atoms with Gasteiger partial charge in [-0.15, -0.1) is 0 Å². The van der Waals surface area contributed by atoms with Crippen molar-refractivity contribution in [2.75, 3.05) is 0 Å². The molecule has 0 N–H and O–H groups in total. The molecule has 0 bridgehead atoms. The first-order valence-corrected chi connectivity index (χ1v) is 16.4. The fourth-order valence-electron chi connectivity index (χ4n) is 6.66. The maximum Gasteiger partial charge on any atom is 0.164 e. The Balaban J connectivity index is 1.21. The van der Waals surface area contributed by atoms with Gasteiger partial charge < -0.3 is 4.42 Å². The van der Waals surface area contributed by atoms with Crippen molar-refractivity contribution in [3.05, 3.63) is 176 Å². The second-order valence-electron chi connectivity index (χ2n) is 12.0. The summed E-state index contributed by atoms with van der Waals surface area (Å²) >= 11 is 0. The van der Waals surface area contributed by atoms with Gasteiger partial charge in [0, 0.05) is 27.5 Å². The monoisotopic (exact) mass is 627 g/mol. The summed E-state index contributed by atoms with van der Waals surface area (Å²) in [6.45, 7) is 0. The van der Waals surface area contributed by atoms with E-state index in [1.807, 2.05) is 48.5 Å². The van der Waals surface area contributed by atoms with Gasteiger partial charge in [-0.2, -0.15) is 0 Å². The minimum Gasteiger partial charge on any atom is -0.456 e. The zero-order valence-electron chi connectivity index (χ0n) is 26.5. The molecule has 4 nitrogen and oxygen atoms in total. The number of hydrogen-bond acceptors (Lipinski definition) is 4. The van der Waals surface area contributed by atoms with Gasteiger partial charge in [0.25, 0.3) is 0 Å². The maximum atomic E-state index is 6.17. The largest absolute Gasteiger partial charge is 0.456 e. The highest BCUT2D eigenvalue weighted by Crippen LogP contribution is 2.38. The lowest BCUT2D eigenvalue weighted by Gasteiger charge is -2.14. The predicted octanol–water partition coefficient (Wildman–Crippen LogP) is 11.8. The van der Waals surface area contributed by atoms with Crippen molar-refractivity contribution >= 4 is 21.9 Å². The number of rotatable bonds is 6. The number of furan rings is 1. The Morgan fingerprint density at radius 1 is 0.286 bits per heavy atom. The molecule has 7 aromatic carbocycles. The van der Waals surface area contributed by atoms with E-state index in [1.165, 1.54) is 0 Å². The Kier molecular flexibility index (Phi) is 7.10. The molecule has 9 aromatic rings. The zero-order valence-corrected chi connectivity index (χ0v) is 26.5. The Morgan fingerprint density at radius 3 is 1.33 bits per heavy atom. The van der Waals surface area contributed by atoms with Crippen LogP contribution in [0.3, 0.4) is 0 Å². The Hall–Kier alpha value is -6.65. The lowest BCUT2D eigenvalue weighted by atomic mass is 9.97.